The fourth-order valence-electron chi connectivity index (χ4n) is 3.92. The largest absolute Gasteiger partial charge is 0.496 e. The maximum Gasteiger partial charge on any atom is 0.416 e. The minimum absolute atomic E-state index is 0.0605. The summed E-state index contributed by atoms with van der Waals surface area (Å²) < 4.78 is 79.7. The average Bonchev–Trinajstić information content (AvgIpc) is 2.92. The molecule has 0 aliphatic carbocycles. The summed E-state index contributed by atoms with van der Waals surface area (Å²) in [5, 5.41) is 15.2. The lowest BCUT2D eigenvalue weighted by Gasteiger charge is -2.27. The Hall–Kier alpha value is -3.91. The number of hydrogen-bond acceptors (Lipinski definition) is 7. The molecule has 2 heterocycles. The van der Waals surface area contributed by atoms with E-state index < -0.39 is 29.4 Å². The first-order chi connectivity index (χ1) is 18.8. The molecule has 14 heteroatoms. The maximum absolute atomic E-state index is 12.4. The molecule has 0 radical (unpaired) electrons. The Kier molecular flexibility index (Phi) is 9.93. The molecule has 40 heavy (non-hydrogen) atoms. The van der Waals surface area contributed by atoms with Crippen LogP contribution in [0.25, 0.3) is 11.3 Å². The topological polar surface area (TPSA) is 99.6 Å². The summed E-state index contributed by atoms with van der Waals surface area (Å²) in [6.45, 7) is 3.23. The molecule has 0 amide bonds. The van der Waals surface area contributed by atoms with Crippen molar-refractivity contribution in [3.05, 3.63) is 70.9 Å². The quantitative estimate of drug-likeness (QED) is 0.366. The SMILES string of the molecule is CNCc1cc(C(F)(F)F)cc(C(F)(F)F)c1.COc1ccccc1-c1nc(N2CCNCC2)ncc1C(=O)O. The van der Waals surface area contributed by atoms with Gasteiger partial charge in [0.1, 0.15) is 11.3 Å². The molecule has 0 bridgehead atoms. The van der Waals surface area contributed by atoms with E-state index in [-0.39, 0.29) is 23.7 Å². The van der Waals surface area contributed by atoms with Crippen LogP contribution in [0.4, 0.5) is 32.3 Å². The van der Waals surface area contributed by atoms with Crippen molar-refractivity contribution in [3.63, 3.8) is 0 Å². The van der Waals surface area contributed by atoms with Gasteiger partial charge in [-0.1, -0.05) is 12.1 Å². The molecule has 1 saturated heterocycles. The molecule has 8 nitrogen and oxygen atoms in total. The molecule has 1 aliphatic rings. The van der Waals surface area contributed by atoms with Gasteiger partial charge >= 0.3 is 18.3 Å². The van der Waals surface area contributed by atoms with Gasteiger partial charge in [-0.3, -0.25) is 0 Å². The number of para-hydroxylation sites is 1. The minimum atomic E-state index is -4.79. The first-order valence-electron chi connectivity index (χ1n) is 12.0. The van der Waals surface area contributed by atoms with Crippen LogP contribution in [0.15, 0.2) is 48.7 Å². The van der Waals surface area contributed by atoms with Gasteiger partial charge in [0.2, 0.25) is 5.95 Å². The Morgan fingerprint density at radius 3 is 2.17 bits per heavy atom. The van der Waals surface area contributed by atoms with E-state index in [1.807, 2.05) is 17.0 Å². The second-order valence-electron chi connectivity index (χ2n) is 8.62. The number of nitrogens with one attached hydrogen (secondary N) is 2. The van der Waals surface area contributed by atoms with E-state index in [1.54, 1.807) is 19.2 Å². The number of aromatic nitrogens is 2. The smallest absolute Gasteiger partial charge is 0.416 e. The highest BCUT2D eigenvalue weighted by Crippen LogP contribution is 2.36. The number of aromatic carboxylic acids is 1. The van der Waals surface area contributed by atoms with Crippen molar-refractivity contribution in [2.24, 2.45) is 0 Å². The molecule has 4 rings (SSSR count). The Bertz CT molecular complexity index is 1280. The van der Waals surface area contributed by atoms with E-state index in [0.717, 1.165) is 26.2 Å². The monoisotopic (exact) mass is 571 g/mol. The maximum atomic E-state index is 12.4. The third-order valence-corrected chi connectivity index (χ3v) is 5.80. The summed E-state index contributed by atoms with van der Waals surface area (Å²) in [4.78, 5) is 22.3. The summed E-state index contributed by atoms with van der Waals surface area (Å²) in [5.74, 6) is 0.0649. The van der Waals surface area contributed by atoms with Gasteiger partial charge in [0.15, 0.2) is 0 Å². The van der Waals surface area contributed by atoms with Gasteiger partial charge in [0.05, 0.1) is 23.9 Å². The van der Waals surface area contributed by atoms with E-state index in [0.29, 0.717) is 35.1 Å². The van der Waals surface area contributed by atoms with Crippen molar-refractivity contribution < 1.29 is 41.0 Å². The molecule has 2 aromatic carbocycles. The summed E-state index contributed by atoms with van der Waals surface area (Å²) in [6.07, 6.45) is -8.21. The van der Waals surface area contributed by atoms with Crippen LogP contribution in [0, 0.1) is 0 Å². The second kappa shape index (κ2) is 13.0. The zero-order chi connectivity index (χ0) is 29.5. The Balaban J connectivity index is 0.000000232. The van der Waals surface area contributed by atoms with Gasteiger partial charge in [-0.25, -0.2) is 14.8 Å². The molecular weight excluding hydrogens is 544 g/mol. The number of benzene rings is 2. The van der Waals surface area contributed by atoms with Crippen LogP contribution in [0.5, 0.6) is 5.75 Å². The lowest BCUT2D eigenvalue weighted by atomic mass is 10.0. The summed E-state index contributed by atoms with van der Waals surface area (Å²) in [7, 11) is 2.99. The molecule has 0 atom stereocenters. The van der Waals surface area contributed by atoms with E-state index >= 15 is 0 Å². The highest BCUT2D eigenvalue weighted by molar-refractivity contribution is 5.95. The number of methoxy groups -OCH3 is 1. The number of carboxylic acid groups (broad SMARTS) is 1. The fourth-order valence-corrected chi connectivity index (χ4v) is 3.92. The van der Waals surface area contributed by atoms with Gasteiger partial charge in [-0.15, -0.1) is 0 Å². The number of ether oxygens (including phenoxy) is 1. The number of carbonyl (C=O) groups is 1. The standard InChI is InChI=1S/C16H18N4O3.C10H9F6N/c1-23-13-5-3-2-4-11(13)14-12(15(21)22)10-18-16(19-14)20-8-6-17-7-9-20;1-17-5-6-2-7(9(11,12)13)4-8(3-6)10(14,15)16/h2-5,10,17H,6-9H2,1H3,(H,21,22);2-4,17H,5H2,1H3. The molecular formula is C26H27F6N5O3. The summed E-state index contributed by atoms with van der Waals surface area (Å²) in [5.41, 5.74) is -1.57. The number of carboxylic acids is 1. The minimum Gasteiger partial charge on any atom is -0.496 e. The molecule has 0 spiro atoms. The van der Waals surface area contributed by atoms with Crippen LogP contribution >= 0.6 is 0 Å². The van der Waals surface area contributed by atoms with E-state index in [2.05, 4.69) is 20.6 Å². The highest BCUT2D eigenvalue weighted by atomic mass is 19.4. The third-order valence-electron chi connectivity index (χ3n) is 5.80. The van der Waals surface area contributed by atoms with Crippen molar-refractivity contribution in [2.45, 2.75) is 18.9 Å². The van der Waals surface area contributed by atoms with Gasteiger partial charge < -0.3 is 25.4 Å². The van der Waals surface area contributed by atoms with Crippen molar-refractivity contribution in [2.75, 3.05) is 45.2 Å². The van der Waals surface area contributed by atoms with Gasteiger partial charge in [-0.2, -0.15) is 26.3 Å². The van der Waals surface area contributed by atoms with E-state index in [1.165, 1.54) is 13.2 Å². The first-order valence-corrected chi connectivity index (χ1v) is 12.0. The normalized spacial score (nSPS) is 13.8. The van der Waals surface area contributed by atoms with Crippen molar-refractivity contribution in [3.8, 4) is 17.0 Å². The van der Waals surface area contributed by atoms with E-state index in [4.69, 9.17) is 4.74 Å². The summed E-state index contributed by atoms with van der Waals surface area (Å²) in [6, 6.07) is 8.76. The molecule has 3 aromatic rings. The lowest BCUT2D eigenvalue weighted by molar-refractivity contribution is -0.143. The number of hydrogen-bond donors (Lipinski definition) is 3. The molecule has 1 fully saturated rings. The fraction of sp³-hybridized carbons (Fsp3) is 0.346. The van der Waals surface area contributed by atoms with Crippen molar-refractivity contribution in [1.82, 2.24) is 20.6 Å². The highest BCUT2D eigenvalue weighted by Gasteiger charge is 2.36. The van der Waals surface area contributed by atoms with Crippen molar-refractivity contribution in [1.29, 1.82) is 0 Å². The summed E-state index contributed by atoms with van der Waals surface area (Å²) >= 11 is 0. The Labute approximate surface area is 226 Å². The Morgan fingerprint density at radius 1 is 1.05 bits per heavy atom. The van der Waals surface area contributed by atoms with Crippen LogP contribution in [0.1, 0.15) is 27.0 Å². The predicted octanol–water partition coefficient (Wildman–Crippen LogP) is 4.70. The average molecular weight is 572 g/mol. The van der Waals surface area contributed by atoms with Crippen LogP contribution in [-0.4, -0.2) is 61.4 Å². The van der Waals surface area contributed by atoms with Crippen LogP contribution < -0.4 is 20.3 Å². The molecule has 1 aliphatic heterocycles. The third kappa shape index (κ3) is 7.82. The number of alkyl halides is 6. The lowest BCUT2D eigenvalue weighted by Crippen LogP contribution is -2.44. The molecule has 3 N–H and O–H groups in total. The predicted molar refractivity (Wildman–Crippen MR) is 135 cm³/mol. The van der Waals surface area contributed by atoms with E-state index in [9.17, 15) is 36.2 Å². The van der Waals surface area contributed by atoms with Crippen LogP contribution in [-0.2, 0) is 18.9 Å². The number of nitrogens with zero attached hydrogens (tertiary/aromatic N) is 3. The zero-order valence-electron chi connectivity index (χ0n) is 21.5. The van der Waals surface area contributed by atoms with Crippen LogP contribution in [0.3, 0.4) is 0 Å². The number of anilines is 1. The van der Waals surface area contributed by atoms with Gasteiger partial charge in [0, 0.05) is 44.5 Å². The molecule has 1 aromatic heterocycles. The zero-order valence-corrected chi connectivity index (χ0v) is 21.5. The number of rotatable bonds is 6. The van der Waals surface area contributed by atoms with Crippen LogP contribution in [0.2, 0.25) is 0 Å². The molecule has 216 valence electrons. The number of halogens is 6. The van der Waals surface area contributed by atoms with Gasteiger partial charge in [0.25, 0.3) is 0 Å². The number of piperazine rings is 1. The second-order valence-corrected chi connectivity index (χ2v) is 8.62. The van der Waals surface area contributed by atoms with Gasteiger partial charge in [-0.05, 0) is 42.9 Å². The Morgan fingerprint density at radius 2 is 1.65 bits per heavy atom. The molecule has 0 saturated carbocycles. The van der Waals surface area contributed by atoms with Crippen molar-refractivity contribution >= 4 is 11.9 Å². The molecule has 0 unspecified atom stereocenters. The first kappa shape index (κ1) is 30.6.